The van der Waals surface area contributed by atoms with Crippen molar-refractivity contribution in [2.45, 2.75) is 46.3 Å². The predicted molar refractivity (Wildman–Crippen MR) is 115 cm³/mol. The summed E-state index contributed by atoms with van der Waals surface area (Å²) < 4.78 is 20.4. The molecular weight excluding hydrogens is 415 g/mol. The van der Waals surface area contributed by atoms with Gasteiger partial charge in [-0.3, -0.25) is 0 Å². The van der Waals surface area contributed by atoms with Crippen LogP contribution in [0.15, 0.2) is 18.2 Å². The maximum atomic E-state index is 14.5. The molecule has 1 atom stereocenters. The smallest absolute Gasteiger partial charge is 0.337 e. The Labute approximate surface area is 177 Å². The van der Waals surface area contributed by atoms with Crippen LogP contribution in [0.2, 0.25) is 5.02 Å². The van der Waals surface area contributed by atoms with Crippen molar-refractivity contribution in [3.8, 4) is 11.1 Å². The predicted octanol–water partition coefficient (Wildman–Crippen LogP) is 5.90. The average Bonchev–Trinajstić information content (AvgIpc) is 2.96. The fourth-order valence-corrected chi connectivity index (χ4v) is 4.46. The number of carboxylic acids is 1. The zero-order chi connectivity index (χ0) is 21.7. The Bertz CT molecular complexity index is 1120. The van der Waals surface area contributed by atoms with Gasteiger partial charge in [0.15, 0.2) is 11.9 Å². The fourth-order valence-electron chi connectivity index (χ4n) is 3.26. The van der Waals surface area contributed by atoms with Crippen molar-refractivity contribution in [3.05, 3.63) is 45.2 Å². The molecule has 2 aromatic heterocycles. The van der Waals surface area contributed by atoms with Gasteiger partial charge in [-0.25, -0.2) is 14.2 Å². The van der Waals surface area contributed by atoms with Crippen molar-refractivity contribution in [2.24, 2.45) is 0 Å². The highest BCUT2D eigenvalue weighted by atomic mass is 35.5. The second kappa shape index (κ2) is 7.55. The molecule has 0 radical (unpaired) electrons. The molecule has 0 aliphatic rings. The van der Waals surface area contributed by atoms with Gasteiger partial charge in [0.1, 0.15) is 4.83 Å². The highest BCUT2D eigenvalue weighted by Crippen LogP contribution is 2.44. The van der Waals surface area contributed by atoms with Gasteiger partial charge < -0.3 is 15.6 Å². The van der Waals surface area contributed by atoms with E-state index in [9.17, 15) is 14.3 Å². The molecule has 0 amide bonds. The number of fused-ring (bicyclic) bond motifs is 1. The number of nitrogens with zero attached hydrogens (tertiary/aromatic N) is 1. The van der Waals surface area contributed by atoms with Gasteiger partial charge in [-0.2, -0.15) is 0 Å². The molecule has 0 fully saturated rings. The number of hydrogen-bond donors (Lipinski definition) is 2. The van der Waals surface area contributed by atoms with Gasteiger partial charge in [0.05, 0.1) is 16.3 Å². The van der Waals surface area contributed by atoms with Gasteiger partial charge >= 0.3 is 5.97 Å². The number of carbonyl (C=O) groups is 1. The number of carboxylic acid groups (broad SMARTS) is 1. The van der Waals surface area contributed by atoms with Crippen LogP contribution in [0.3, 0.4) is 0 Å². The summed E-state index contributed by atoms with van der Waals surface area (Å²) in [6.45, 7) is 8.96. The van der Waals surface area contributed by atoms with Crippen LogP contribution in [0.25, 0.3) is 21.3 Å². The Morgan fingerprint density at radius 2 is 2.00 bits per heavy atom. The number of ether oxygens (including phenoxy) is 1. The molecule has 154 valence electrons. The summed E-state index contributed by atoms with van der Waals surface area (Å²) in [6.07, 6.45) is -1.31. The molecule has 3 rings (SSSR count). The fraction of sp³-hybridized carbons (Fsp3) is 0.333. The third kappa shape index (κ3) is 4.08. The largest absolute Gasteiger partial charge is 0.479 e. The van der Waals surface area contributed by atoms with Crippen molar-refractivity contribution in [2.75, 3.05) is 5.73 Å². The lowest BCUT2D eigenvalue weighted by molar-refractivity contribution is -0.160. The van der Waals surface area contributed by atoms with Crippen LogP contribution in [-0.4, -0.2) is 21.7 Å². The molecule has 0 bridgehead atoms. The highest BCUT2D eigenvalue weighted by Gasteiger charge is 2.33. The maximum absolute atomic E-state index is 14.5. The molecule has 0 unspecified atom stereocenters. The third-order valence-corrected chi connectivity index (χ3v) is 5.69. The molecule has 0 spiro atoms. The summed E-state index contributed by atoms with van der Waals surface area (Å²) in [7, 11) is 0. The quantitative estimate of drug-likeness (QED) is 0.497. The van der Waals surface area contributed by atoms with Crippen LogP contribution in [0, 0.1) is 19.7 Å². The summed E-state index contributed by atoms with van der Waals surface area (Å²) in [5.41, 5.74) is 6.53. The first-order valence-electron chi connectivity index (χ1n) is 8.96. The molecule has 1 aromatic carbocycles. The monoisotopic (exact) mass is 436 g/mol. The molecule has 0 aliphatic heterocycles. The van der Waals surface area contributed by atoms with Gasteiger partial charge in [-0.1, -0.05) is 17.7 Å². The Balaban J connectivity index is 2.45. The maximum Gasteiger partial charge on any atom is 0.337 e. The Morgan fingerprint density at radius 1 is 1.34 bits per heavy atom. The highest BCUT2D eigenvalue weighted by molar-refractivity contribution is 7.18. The summed E-state index contributed by atoms with van der Waals surface area (Å²) >= 11 is 7.79. The van der Waals surface area contributed by atoms with E-state index in [4.69, 9.17) is 22.1 Å². The van der Waals surface area contributed by atoms with Crippen LogP contribution in [-0.2, 0) is 9.53 Å². The van der Waals surface area contributed by atoms with Crippen molar-refractivity contribution >= 4 is 44.8 Å². The van der Waals surface area contributed by atoms with E-state index in [1.54, 1.807) is 33.8 Å². The van der Waals surface area contributed by atoms with Crippen LogP contribution < -0.4 is 5.73 Å². The van der Waals surface area contributed by atoms with E-state index in [0.29, 0.717) is 32.6 Å². The van der Waals surface area contributed by atoms with Crippen molar-refractivity contribution < 1.29 is 19.0 Å². The summed E-state index contributed by atoms with van der Waals surface area (Å²) in [4.78, 5) is 18.5. The molecule has 8 heteroatoms. The molecule has 0 saturated heterocycles. The van der Waals surface area contributed by atoms with Gasteiger partial charge in [0.25, 0.3) is 0 Å². The van der Waals surface area contributed by atoms with Crippen LogP contribution in [0.5, 0.6) is 0 Å². The van der Waals surface area contributed by atoms with Gasteiger partial charge in [-0.05, 0) is 46.8 Å². The normalized spacial score (nSPS) is 13.1. The van der Waals surface area contributed by atoms with E-state index >= 15 is 0 Å². The first-order chi connectivity index (χ1) is 13.4. The lowest BCUT2D eigenvalue weighted by atomic mass is 9.92. The van der Waals surface area contributed by atoms with Crippen LogP contribution >= 0.6 is 22.9 Å². The standard InChI is InChI=1S/C21H22ClFN2O3S/c1-9-8-12-15(11-6-7-13(24)17(23)16(11)22)14(10(2)25-19(12)29-9)18(20(26)27)28-21(3,4)5/h6-8,18H,24H2,1-5H3,(H,26,27)/t18-/m0/s1. The van der Waals surface area contributed by atoms with Crippen molar-refractivity contribution in [1.29, 1.82) is 0 Å². The number of nitrogens with two attached hydrogens (primary N) is 1. The lowest BCUT2D eigenvalue weighted by Crippen LogP contribution is -2.28. The van der Waals surface area contributed by atoms with E-state index < -0.39 is 23.5 Å². The van der Waals surface area contributed by atoms with Gasteiger partial charge in [0.2, 0.25) is 0 Å². The Morgan fingerprint density at radius 3 is 2.59 bits per heavy atom. The molecule has 3 N–H and O–H groups in total. The number of aromatic nitrogens is 1. The minimum atomic E-state index is -1.31. The number of thiophene rings is 1. The van der Waals surface area contributed by atoms with Crippen molar-refractivity contribution in [1.82, 2.24) is 4.98 Å². The van der Waals surface area contributed by atoms with Crippen LogP contribution in [0.4, 0.5) is 10.1 Å². The molecule has 0 saturated carbocycles. The molecule has 29 heavy (non-hydrogen) atoms. The zero-order valence-corrected chi connectivity index (χ0v) is 18.3. The van der Waals surface area contributed by atoms with Gasteiger partial charge in [0, 0.05) is 32.6 Å². The summed E-state index contributed by atoms with van der Waals surface area (Å²) in [6, 6.07) is 4.91. The van der Waals surface area contributed by atoms with E-state index in [1.807, 2.05) is 13.0 Å². The third-order valence-electron chi connectivity index (χ3n) is 4.37. The first kappa shape index (κ1) is 21.5. The SMILES string of the molecule is Cc1cc2c(-c3ccc(N)c(F)c3Cl)c([C@H](OC(C)(C)C)C(=O)O)c(C)nc2s1. The van der Waals surface area contributed by atoms with Crippen LogP contribution in [0.1, 0.15) is 43.0 Å². The molecule has 2 heterocycles. The van der Waals surface area contributed by atoms with E-state index in [0.717, 1.165) is 4.88 Å². The topological polar surface area (TPSA) is 85.4 Å². The summed E-state index contributed by atoms with van der Waals surface area (Å²) in [5, 5.41) is 10.5. The minimum Gasteiger partial charge on any atom is -0.479 e. The summed E-state index contributed by atoms with van der Waals surface area (Å²) in [5.74, 6) is -1.90. The average molecular weight is 437 g/mol. The molecular formula is C21H22ClFN2O3S. The minimum absolute atomic E-state index is 0.0791. The molecule has 5 nitrogen and oxygen atoms in total. The van der Waals surface area contributed by atoms with Gasteiger partial charge in [-0.15, -0.1) is 11.3 Å². The first-order valence-corrected chi connectivity index (χ1v) is 10.1. The number of aryl methyl sites for hydroxylation is 2. The number of nitrogen functional groups attached to an aromatic ring is 1. The van der Waals surface area contributed by atoms with E-state index in [1.165, 1.54) is 17.4 Å². The number of aliphatic carboxylic acids is 1. The van der Waals surface area contributed by atoms with E-state index in [2.05, 4.69) is 4.98 Å². The number of rotatable bonds is 4. The lowest BCUT2D eigenvalue weighted by Gasteiger charge is -2.28. The second-order valence-corrected chi connectivity index (χ2v) is 9.45. The second-order valence-electron chi connectivity index (χ2n) is 7.84. The van der Waals surface area contributed by atoms with Crippen molar-refractivity contribution in [3.63, 3.8) is 0 Å². The molecule has 3 aromatic rings. The molecule has 0 aliphatic carbocycles. The Kier molecular flexibility index (Phi) is 5.60. The number of anilines is 1. The number of halogens is 2. The zero-order valence-electron chi connectivity index (χ0n) is 16.8. The number of hydrogen-bond acceptors (Lipinski definition) is 5. The Hall–Kier alpha value is -2.22. The number of pyridine rings is 1. The number of benzene rings is 1. The van der Waals surface area contributed by atoms with E-state index in [-0.39, 0.29) is 10.7 Å².